The number of hydrogen-bond acceptors (Lipinski definition) is 6. The molecule has 7 nitrogen and oxygen atoms in total. The predicted octanol–water partition coefficient (Wildman–Crippen LogP) is 2.92. The lowest BCUT2D eigenvalue weighted by molar-refractivity contribution is -0.0647. The van der Waals surface area contributed by atoms with E-state index in [1.807, 2.05) is 19.1 Å². The van der Waals surface area contributed by atoms with Crippen LogP contribution in [0.4, 0.5) is 0 Å². The zero-order valence-corrected chi connectivity index (χ0v) is 18.5. The van der Waals surface area contributed by atoms with Crippen molar-refractivity contribution in [2.75, 3.05) is 21.3 Å². The largest absolute Gasteiger partial charge is 0.396 e. The molecule has 0 radical (unpaired) electrons. The molecule has 1 aromatic rings. The summed E-state index contributed by atoms with van der Waals surface area (Å²) in [4.78, 5) is 4.08. The lowest BCUT2D eigenvalue weighted by atomic mass is 9.80. The van der Waals surface area contributed by atoms with Gasteiger partial charge in [-0.15, -0.1) is 0 Å². The Bertz CT molecular complexity index is 712. The van der Waals surface area contributed by atoms with Gasteiger partial charge in [-0.25, -0.2) is 0 Å². The summed E-state index contributed by atoms with van der Waals surface area (Å²) in [6.45, 7) is 3.78. The molecule has 0 bridgehead atoms. The van der Waals surface area contributed by atoms with Crippen LogP contribution in [0.15, 0.2) is 24.5 Å². The topological polar surface area (TPSA) is 95.0 Å². The SMILES string of the molecule is CCC(C1CCC[Si](OC)(OC)C1(OC)C(C)c1ccncc1)S(=O)(=O)O. The van der Waals surface area contributed by atoms with Crippen molar-refractivity contribution >= 4 is 18.7 Å². The molecule has 27 heavy (non-hydrogen) atoms. The highest BCUT2D eigenvalue weighted by atomic mass is 32.2. The van der Waals surface area contributed by atoms with E-state index in [2.05, 4.69) is 4.98 Å². The molecule has 1 saturated heterocycles. The van der Waals surface area contributed by atoms with Gasteiger partial charge in [0.2, 0.25) is 0 Å². The van der Waals surface area contributed by atoms with E-state index in [1.165, 1.54) is 0 Å². The van der Waals surface area contributed by atoms with Crippen molar-refractivity contribution in [2.45, 2.75) is 55.5 Å². The van der Waals surface area contributed by atoms with E-state index < -0.39 is 35.1 Å². The van der Waals surface area contributed by atoms with Crippen molar-refractivity contribution in [3.05, 3.63) is 30.1 Å². The number of methoxy groups -OCH3 is 1. The van der Waals surface area contributed by atoms with Crippen LogP contribution in [0.5, 0.6) is 0 Å². The van der Waals surface area contributed by atoms with Crippen LogP contribution in [0, 0.1) is 5.92 Å². The van der Waals surface area contributed by atoms with E-state index in [1.54, 1.807) is 40.6 Å². The maximum Gasteiger partial charge on any atom is 0.371 e. The fourth-order valence-electron chi connectivity index (χ4n) is 5.05. The molecule has 2 rings (SSSR count). The highest BCUT2D eigenvalue weighted by Gasteiger charge is 2.68. The first-order valence-electron chi connectivity index (χ1n) is 9.25. The molecule has 1 aliphatic heterocycles. The number of ether oxygens (including phenoxy) is 1. The smallest absolute Gasteiger partial charge is 0.371 e. The van der Waals surface area contributed by atoms with E-state index in [-0.39, 0.29) is 12.3 Å². The van der Waals surface area contributed by atoms with Gasteiger partial charge in [0.1, 0.15) is 5.22 Å². The third kappa shape index (κ3) is 3.73. The summed E-state index contributed by atoms with van der Waals surface area (Å²) in [5.74, 6) is -0.663. The van der Waals surface area contributed by atoms with Crippen LogP contribution in [-0.2, 0) is 23.7 Å². The quantitative estimate of drug-likeness (QED) is 0.513. The van der Waals surface area contributed by atoms with E-state index in [0.29, 0.717) is 12.5 Å². The normalized spacial score (nSPS) is 27.9. The average Bonchev–Trinajstić information content (AvgIpc) is 2.67. The monoisotopic (exact) mass is 417 g/mol. The molecule has 154 valence electrons. The Morgan fingerprint density at radius 1 is 1.30 bits per heavy atom. The van der Waals surface area contributed by atoms with Crippen LogP contribution >= 0.6 is 0 Å². The van der Waals surface area contributed by atoms with Crippen molar-refractivity contribution in [3.8, 4) is 0 Å². The molecule has 0 amide bonds. The molecule has 2 heterocycles. The Labute approximate surface area is 163 Å². The minimum absolute atomic E-state index is 0.210. The van der Waals surface area contributed by atoms with Gasteiger partial charge in [0.15, 0.2) is 0 Å². The van der Waals surface area contributed by atoms with Crippen LogP contribution < -0.4 is 0 Å². The van der Waals surface area contributed by atoms with Crippen molar-refractivity contribution in [1.82, 2.24) is 4.98 Å². The summed E-state index contributed by atoms with van der Waals surface area (Å²) in [6.07, 6.45) is 5.07. The van der Waals surface area contributed by atoms with E-state index in [4.69, 9.17) is 13.6 Å². The Hall–Kier alpha value is -0.843. The number of pyridine rings is 1. The molecule has 4 atom stereocenters. The highest BCUT2D eigenvalue weighted by molar-refractivity contribution is 7.86. The minimum Gasteiger partial charge on any atom is -0.396 e. The standard InChI is InChI=1S/C18H31NO6SSi/c1-6-17(26(20,21)22)16-8-7-13-27(24-4,25-5)18(16,23-3)14(2)15-9-11-19-12-10-15/h9-12,14,16-17H,6-8,13H2,1-5H3,(H,20,21,22). The molecule has 1 fully saturated rings. The molecule has 0 aromatic carbocycles. The Morgan fingerprint density at radius 2 is 1.89 bits per heavy atom. The Balaban J connectivity index is 2.74. The van der Waals surface area contributed by atoms with Crippen molar-refractivity contribution in [3.63, 3.8) is 0 Å². The second-order valence-corrected chi connectivity index (χ2v) is 12.4. The number of rotatable bonds is 8. The summed E-state index contributed by atoms with van der Waals surface area (Å²) in [5, 5.41) is -1.92. The molecule has 9 heteroatoms. The van der Waals surface area contributed by atoms with Gasteiger partial charge < -0.3 is 13.6 Å². The van der Waals surface area contributed by atoms with Crippen molar-refractivity contribution in [1.29, 1.82) is 0 Å². The molecule has 0 spiro atoms. The number of hydrogen-bond donors (Lipinski definition) is 1. The first-order chi connectivity index (χ1) is 12.7. The number of nitrogens with zero attached hydrogens (tertiary/aromatic N) is 1. The van der Waals surface area contributed by atoms with Gasteiger partial charge in [0.05, 0.1) is 5.25 Å². The lowest BCUT2D eigenvalue weighted by Gasteiger charge is -2.56. The second-order valence-electron chi connectivity index (χ2n) is 7.12. The van der Waals surface area contributed by atoms with Crippen LogP contribution in [-0.4, -0.2) is 58.3 Å². The molecule has 1 N–H and O–H groups in total. The van der Waals surface area contributed by atoms with Crippen molar-refractivity contribution in [2.24, 2.45) is 5.92 Å². The van der Waals surface area contributed by atoms with Crippen LogP contribution in [0.25, 0.3) is 0 Å². The fourth-order valence-corrected chi connectivity index (χ4v) is 10.7. The van der Waals surface area contributed by atoms with E-state index in [9.17, 15) is 13.0 Å². The van der Waals surface area contributed by atoms with Crippen LogP contribution in [0.1, 0.15) is 44.6 Å². The molecule has 0 saturated carbocycles. The van der Waals surface area contributed by atoms with Gasteiger partial charge in [-0.05, 0) is 36.6 Å². The molecule has 1 aliphatic rings. The fraction of sp³-hybridized carbons (Fsp3) is 0.722. The first kappa shape index (κ1) is 22.4. The van der Waals surface area contributed by atoms with Gasteiger partial charge in [-0.1, -0.05) is 20.3 Å². The van der Waals surface area contributed by atoms with Gasteiger partial charge in [-0.2, -0.15) is 8.42 Å². The van der Waals surface area contributed by atoms with Crippen LogP contribution in [0.2, 0.25) is 6.04 Å². The zero-order chi connectivity index (χ0) is 20.3. The maximum absolute atomic E-state index is 12.2. The Kier molecular flexibility index (Phi) is 7.20. The third-order valence-electron chi connectivity index (χ3n) is 6.25. The summed E-state index contributed by atoms with van der Waals surface area (Å²) in [6, 6.07) is 4.49. The third-order valence-corrected chi connectivity index (χ3v) is 12.2. The van der Waals surface area contributed by atoms with Crippen molar-refractivity contribution < 1.29 is 26.6 Å². The average molecular weight is 418 g/mol. The Morgan fingerprint density at radius 3 is 2.33 bits per heavy atom. The lowest BCUT2D eigenvalue weighted by Crippen LogP contribution is -2.72. The maximum atomic E-state index is 12.2. The van der Waals surface area contributed by atoms with E-state index >= 15 is 0 Å². The summed E-state index contributed by atoms with van der Waals surface area (Å²) >= 11 is 0. The summed E-state index contributed by atoms with van der Waals surface area (Å²) in [7, 11) is -2.44. The molecule has 1 aromatic heterocycles. The molecular weight excluding hydrogens is 386 g/mol. The highest BCUT2D eigenvalue weighted by Crippen LogP contribution is 2.53. The summed E-state index contributed by atoms with van der Waals surface area (Å²) < 4.78 is 52.7. The van der Waals surface area contributed by atoms with Gasteiger partial charge in [0, 0.05) is 45.6 Å². The number of aromatic nitrogens is 1. The van der Waals surface area contributed by atoms with Gasteiger partial charge in [-0.3, -0.25) is 9.54 Å². The first-order valence-corrected chi connectivity index (χ1v) is 12.8. The molecular formula is C18H31NO6SSi. The van der Waals surface area contributed by atoms with Crippen LogP contribution in [0.3, 0.4) is 0 Å². The van der Waals surface area contributed by atoms with E-state index in [0.717, 1.165) is 12.0 Å². The molecule has 4 unspecified atom stereocenters. The predicted molar refractivity (Wildman–Crippen MR) is 105 cm³/mol. The van der Waals surface area contributed by atoms with Gasteiger partial charge >= 0.3 is 8.56 Å². The van der Waals surface area contributed by atoms with Gasteiger partial charge in [0.25, 0.3) is 10.1 Å². The molecule has 0 aliphatic carbocycles. The zero-order valence-electron chi connectivity index (χ0n) is 16.7. The second kappa shape index (κ2) is 8.67. The summed E-state index contributed by atoms with van der Waals surface area (Å²) in [5.41, 5.74) is 0.968. The minimum atomic E-state index is -4.26.